The summed E-state index contributed by atoms with van der Waals surface area (Å²) in [5.41, 5.74) is 1.64. The van der Waals surface area contributed by atoms with Gasteiger partial charge in [0.1, 0.15) is 5.75 Å². The molecule has 3 rings (SSSR count). The number of benzene rings is 2. The Bertz CT molecular complexity index is 625. The molecule has 0 saturated carbocycles. The molecule has 20 heavy (non-hydrogen) atoms. The largest absolute Gasteiger partial charge is 0.493 e. The lowest BCUT2D eigenvalue weighted by Gasteiger charge is -2.26. The second-order valence-electron chi connectivity index (χ2n) is 4.71. The van der Waals surface area contributed by atoms with E-state index >= 15 is 0 Å². The van der Waals surface area contributed by atoms with Gasteiger partial charge in [-0.2, -0.15) is 0 Å². The summed E-state index contributed by atoms with van der Waals surface area (Å²) in [5, 5.41) is 3.67. The predicted molar refractivity (Wildman–Crippen MR) is 78.2 cm³/mol. The topological polar surface area (TPSA) is 38.3 Å². The molecule has 0 saturated heterocycles. The molecule has 1 aliphatic heterocycles. The van der Waals surface area contributed by atoms with E-state index in [4.69, 9.17) is 16.3 Å². The molecule has 1 N–H and O–H groups in total. The summed E-state index contributed by atoms with van der Waals surface area (Å²) >= 11 is 5.83. The molecule has 0 spiro atoms. The Morgan fingerprint density at radius 1 is 1.15 bits per heavy atom. The first-order valence-electron chi connectivity index (χ1n) is 6.52. The highest BCUT2D eigenvalue weighted by atomic mass is 35.5. The van der Waals surface area contributed by atoms with Crippen LogP contribution >= 0.6 is 11.6 Å². The van der Waals surface area contributed by atoms with E-state index in [2.05, 4.69) is 5.32 Å². The zero-order chi connectivity index (χ0) is 13.9. The lowest BCUT2D eigenvalue weighted by Crippen LogP contribution is -2.32. The van der Waals surface area contributed by atoms with Gasteiger partial charge in [-0.15, -0.1) is 0 Å². The smallest absolute Gasteiger partial charge is 0.251 e. The van der Waals surface area contributed by atoms with Crippen molar-refractivity contribution in [3.05, 3.63) is 64.7 Å². The van der Waals surface area contributed by atoms with Crippen molar-refractivity contribution in [1.82, 2.24) is 5.32 Å². The van der Waals surface area contributed by atoms with Gasteiger partial charge >= 0.3 is 0 Å². The standard InChI is InChI=1S/C16H14ClNO2/c17-12-7-5-11(6-8-12)16(19)18-14-9-10-20-15-4-2-1-3-13(14)15/h1-8,14H,9-10H2,(H,18,19). The zero-order valence-corrected chi connectivity index (χ0v) is 11.6. The molecule has 3 nitrogen and oxygen atoms in total. The van der Waals surface area contributed by atoms with Crippen LogP contribution in [0.5, 0.6) is 5.75 Å². The number of amides is 1. The maximum atomic E-state index is 12.2. The average Bonchev–Trinajstić information content (AvgIpc) is 2.48. The minimum atomic E-state index is -0.0941. The zero-order valence-electron chi connectivity index (χ0n) is 10.8. The number of para-hydroxylation sites is 1. The molecule has 0 bridgehead atoms. The first-order chi connectivity index (χ1) is 9.74. The highest BCUT2D eigenvalue weighted by Gasteiger charge is 2.22. The van der Waals surface area contributed by atoms with Gasteiger partial charge in [-0.3, -0.25) is 4.79 Å². The Hall–Kier alpha value is -2.00. The minimum absolute atomic E-state index is 0.0110. The second kappa shape index (κ2) is 5.55. The number of carbonyl (C=O) groups excluding carboxylic acids is 1. The Kier molecular flexibility index (Phi) is 3.61. The third kappa shape index (κ3) is 2.63. The SMILES string of the molecule is O=C(NC1CCOc2ccccc21)c1ccc(Cl)cc1. The van der Waals surface area contributed by atoms with Crippen LogP contribution < -0.4 is 10.1 Å². The van der Waals surface area contributed by atoms with Crippen molar-refractivity contribution in [1.29, 1.82) is 0 Å². The first-order valence-corrected chi connectivity index (χ1v) is 6.90. The molecule has 0 radical (unpaired) electrons. The maximum Gasteiger partial charge on any atom is 0.251 e. The normalized spacial score (nSPS) is 16.9. The van der Waals surface area contributed by atoms with Gasteiger partial charge in [0.15, 0.2) is 0 Å². The van der Waals surface area contributed by atoms with Crippen LogP contribution in [0.1, 0.15) is 28.4 Å². The van der Waals surface area contributed by atoms with Gasteiger partial charge in [-0.25, -0.2) is 0 Å². The van der Waals surface area contributed by atoms with Crippen LogP contribution in [0.2, 0.25) is 5.02 Å². The van der Waals surface area contributed by atoms with Gasteiger partial charge in [-0.05, 0) is 30.3 Å². The molecule has 0 aliphatic carbocycles. The highest BCUT2D eigenvalue weighted by Crippen LogP contribution is 2.31. The molecule has 1 amide bonds. The van der Waals surface area contributed by atoms with Gasteiger partial charge < -0.3 is 10.1 Å². The molecule has 0 fully saturated rings. The fourth-order valence-corrected chi connectivity index (χ4v) is 2.46. The van der Waals surface area contributed by atoms with Crippen LogP contribution in [0, 0.1) is 0 Å². The third-order valence-electron chi connectivity index (χ3n) is 3.37. The summed E-state index contributed by atoms with van der Waals surface area (Å²) in [5.74, 6) is 0.753. The van der Waals surface area contributed by atoms with E-state index in [9.17, 15) is 4.79 Å². The van der Waals surface area contributed by atoms with E-state index in [1.54, 1.807) is 24.3 Å². The number of ether oxygens (including phenoxy) is 1. The quantitative estimate of drug-likeness (QED) is 0.916. The fourth-order valence-electron chi connectivity index (χ4n) is 2.33. The summed E-state index contributed by atoms with van der Waals surface area (Å²) < 4.78 is 5.59. The Balaban J connectivity index is 1.79. The van der Waals surface area contributed by atoms with Gasteiger partial charge in [-0.1, -0.05) is 29.8 Å². The lowest BCUT2D eigenvalue weighted by atomic mass is 10.00. The molecular formula is C16H14ClNO2. The number of nitrogens with one attached hydrogen (secondary N) is 1. The number of halogens is 1. The van der Waals surface area contributed by atoms with Crippen LogP contribution in [0.4, 0.5) is 0 Å². The molecule has 2 aromatic carbocycles. The average molecular weight is 288 g/mol. The fraction of sp³-hybridized carbons (Fsp3) is 0.188. The van der Waals surface area contributed by atoms with Crippen molar-refractivity contribution in [2.75, 3.05) is 6.61 Å². The van der Waals surface area contributed by atoms with Crippen molar-refractivity contribution < 1.29 is 9.53 Å². The number of rotatable bonds is 2. The van der Waals surface area contributed by atoms with E-state index in [-0.39, 0.29) is 11.9 Å². The number of hydrogen-bond acceptors (Lipinski definition) is 2. The number of hydrogen-bond donors (Lipinski definition) is 1. The predicted octanol–water partition coefficient (Wildman–Crippen LogP) is 3.59. The summed E-state index contributed by atoms with van der Waals surface area (Å²) in [6.07, 6.45) is 0.774. The van der Waals surface area contributed by atoms with Crippen molar-refractivity contribution in [3.63, 3.8) is 0 Å². The van der Waals surface area contributed by atoms with E-state index in [0.29, 0.717) is 17.2 Å². The Morgan fingerprint density at radius 3 is 2.70 bits per heavy atom. The lowest BCUT2D eigenvalue weighted by molar-refractivity contribution is 0.0925. The van der Waals surface area contributed by atoms with Crippen LogP contribution in [0.25, 0.3) is 0 Å². The Labute approximate surface area is 122 Å². The summed E-state index contributed by atoms with van der Waals surface area (Å²) in [6.45, 7) is 0.614. The van der Waals surface area contributed by atoms with E-state index in [0.717, 1.165) is 17.7 Å². The van der Waals surface area contributed by atoms with Gasteiger partial charge in [0, 0.05) is 22.6 Å². The summed E-state index contributed by atoms with van der Waals surface area (Å²) in [7, 11) is 0. The maximum absolute atomic E-state index is 12.2. The Morgan fingerprint density at radius 2 is 1.90 bits per heavy atom. The summed E-state index contributed by atoms with van der Waals surface area (Å²) in [4.78, 5) is 12.2. The number of carbonyl (C=O) groups is 1. The third-order valence-corrected chi connectivity index (χ3v) is 3.62. The molecule has 2 aromatic rings. The second-order valence-corrected chi connectivity index (χ2v) is 5.14. The van der Waals surface area contributed by atoms with Crippen LogP contribution in [-0.4, -0.2) is 12.5 Å². The molecule has 1 heterocycles. The molecule has 4 heteroatoms. The van der Waals surface area contributed by atoms with Crippen molar-refractivity contribution in [2.45, 2.75) is 12.5 Å². The molecule has 0 aromatic heterocycles. The molecule has 102 valence electrons. The van der Waals surface area contributed by atoms with E-state index in [1.165, 1.54) is 0 Å². The minimum Gasteiger partial charge on any atom is -0.493 e. The van der Waals surface area contributed by atoms with Gasteiger partial charge in [0.2, 0.25) is 0 Å². The van der Waals surface area contributed by atoms with Gasteiger partial charge in [0.05, 0.1) is 12.6 Å². The van der Waals surface area contributed by atoms with Gasteiger partial charge in [0.25, 0.3) is 5.91 Å². The van der Waals surface area contributed by atoms with Crippen LogP contribution in [0.3, 0.4) is 0 Å². The van der Waals surface area contributed by atoms with Crippen LogP contribution in [0.15, 0.2) is 48.5 Å². The van der Waals surface area contributed by atoms with E-state index in [1.807, 2.05) is 24.3 Å². The highest BCUT2D eigenvalue weighted by molar-refractivity contribution is 6.30. The molecule has 1 aliphatic rings. The molecule has 1 atom stereocenters. The monoisotopic (exact) mass is 287 g/mol. The molecule has 1 unspecified atom stereocenters. The first kappa shape index (κ1) is 13.0. The number of fused-ring (bicyclic) bond motifs is 1. The van der Waals surface area contributed by atoms with Crippen molar-refractivity contribution in [3.8, 4) is 5.75 Å². The van der Waals surface area contributed by atoms with Crippen molar-refractivity contribution >= 4 is 17.5 Å². The van der Waals surface area contributed by atoms with Crippen molar-refractivity contribution in [2.24, 2.45) is 0 Å². The molecular weight excluding hydrogens is 274 g/mol. The summed E-state index contributed by atoms with van der Waals surface area (Å²) in [6, 6.07) is 14.7. The van der Waals surface area contributed by atoms with E-state index < -0.39 is 0 Å². The van der Waals surface area contributed by atoms with Crippen LogP contribution in [-0.2, 0) is 0 Å².